The number of anilines is 2. The van der Waals surface area contributed by atoms with Crippen LogP contribution in [0.2, 0.25) is 5.15 Å². The van der Waals surface area contributed by atoms with Crippen molar-refractivity contribution >= 4 is 50.5 Å². The molecule has 0 radical (unpaired) electrons. The zero-order valence-electron chi connectivity index (χ0n) is 27.2. The number of aldehydes is 1. The molecule has 3 heterocycles. The van der Waals surface area contributed by atoms with Crippen LogP contribution >= 0.6 is 11.6 Å². The zero-order valence-corrected chi connectivity index (χ0v) is 28.8. The van der Waals surface area contributed by atoms with Crippen molar-refractivity contribution in [1.82, 2.24) is 4.98 Å². The largest absolute Gasteiger partial charge is 0.534 e. The van der Waals surface area contributed by atoms with Crippen molar-refractivity contribution in [1.29, 1.82) is 0 Å². The minimum atomic E-state index is -6.02. The molecule has 14 heteroatoms. The van der Waals surface area contributed by atoms with Gasteiger partial charge in [0.1, 0.15) is 10.7 Å². The number of piperidine rings is 1. The highest BCUT2D eigenvalue weighted by Gasteiger charge is 2.49. The van der Waals surface area contributed by atoms with E-state index in [1.165, 1.54) is 19.1 Å². The lowest BCUT2D eigenvalue weighted by Crippen LogP contribution is -2.38. The minimum absolute atomic E-state index is 0.0899. The number of fused-ring (bicyclic) bond motifs is 1. The van der Waals surface area contributed by atoms with Gasteiger partial charge in [-0.1, -0.05) is 31.5 Å². The number of nitrogens with one attached hydrogen (secondary N) is 1. The van der Waals surface area contributed by atoms with Crippen molar-refractivity contribution in [3.8, 4) is 17.0 Å². The van der Waals surface area contributed by atoms with E-state index >= 15 is 0 Å². The fourth-order valence-corrected chi connectivity index (χ4v) is 6.53. The van der Waals surface area contributed by atoms with Crippen LogP contribution in [0.4, 0.5) is 24.7 Å². The van der Waals surface area contributed by atoms with Crippen molar-refractivity contribution in [2.24, 2.45) is 5.41 Å². The lowest BCUT2D eigenvalue weighted by Gasteiger charge is -2.37. The Kier molecular flexibility index (Phi) is 9.34. The van der Waals surface area contributed by atoms with Crippen molar-refractivity contribution in [2.75, 3.05) is 23.3 Å². The number of benzene rings is 2. The van der Waals surface area contributed by atoms with Gasteiger partial charge in [-0.15, -0.1) is 0 Å². The predicted octanol–water partition coefficient (Wildman–Crippen LogP) is 8.27. The molecule has 4 aromatic rings. The highest BCUT2D eigenvalue weighted by Crippen LogP contribution is 2.39. The Balaban J connectivity index is 1.57. The van der Waals surface area contributed by atoms with Gasteiger partial charge in [0.2, 0.25) is 5.88 Å². The van der Waals surface area contributed by atoms with Crippen LogP contribution in [0.15, 0.2) is 45.6 Å². The molecule has 0 amide bonds. The van der Waals surface area contributed by atoms with Crippen LogP contribution in [0.3, 0.4) is 0 Å². The van der Waals surface area contributed by atoms with Crippen molar-refractivity contribution < 1.29 is 35.0 Å². The first-order valence-corrected chi connectivity index (χ1v) is 17.0. The SMILES string of the molecule is Cc1cc(C(C)Nc2ccc(Cl)nc2-c2ccc(OS(=O)(=O)C(F)(F)F)c(C=O)c2C)c2oc(N3CCC(C)(C)CC3)c(C)c(=O)c2c1. The lowest BCUT2D eigenvalue weighted by molar-refractivity contribution is -0.0500. The molecule has 0 bridgehead atoms. The molecule has 1 aliphatic rings. The number of aryl methyl sites for hydroxylation is 1. The molecule has 2 aromatic carbocycles. The summed E-state index contributed by atoms with van der Waals surface area (Å²) < 4.78 is 73.2. The monoisotopic (exact) mass is 705 g/mol. The zero-order chi connectivity index (χ0) is 35.3. The second-order valence-electron chi connectivity index (χ2n) is 12.9. The number of hydrogen-bond acceptors (Lipinski definition) is 9. The first-order chi connectivity index (χ1) is 22.3. The van der Waals surface area contributed by atoms with E-state index in [0.717, 1.165) is 37.6 Å². The van der Waals surface area contributed by atoms with Crippen LogP contribution in [-0.4, -0.2) is 38.3 Å². The van der Waals surface area contributed by atoms with Gasteiger partial charge in [-0.05, 0) is 87.4 Å². The molecule has 1 fully saturated rings. The van der Waals surface area contributed by atoms with Crippen LogP contribution in [-0.2, 0) is 10.1 Å². The van der Waals surface area contributed by atoms with Gasteiger partial charge in [0.25, 0.3) is 0 Å². The Bertz CT molecular complexity index is 2090. The Morgan fingerprint density at radius 1 is 1.08 bits per heavy atom. The molecule has 256 valence electrons. The maximum atomic E-state index is 13.7. The number of pyridine rings is 1. The van der Waals surface area contributed by atoms with Crippen molar-refractivity contribution in [3.63, 3.8) is 0 Å². The van der Waals surface area contributed by atoms with Gasteiger partial charge in [0, 0.05) is 24.2 Å². The van der Waals surface area contributed by atoms with Gasteiger partial charge < -0.3 is 18.8 Å². The molecule has 1 atom stereocenters. The molecule has 48 heavy (non-hydrogen) atoms. The smallest absolute Gasteiger partial charge is 0.440 e. The van der Waals surface area contributed by atoms with E-state index in [2.05, 4.69) is 33.2 Å². The molecule has 1 N–H and O–H groups in total. The molecular weight excluding hydrogens is 671 g/mol. The number of rotatable bonds is 8. The van der Waals surface area contributed by atoms with E-state index in [1.54, 1.807) is 19.1 Å². The van der Waals surface area contributed by atoms with Gasteiger partial charge in [0.05, 0.1) is 33.9 Å². The highest BCUT2D eigenvalue weighted by atomic mass is 35.5. The average molecular weight is 706 g/mol. The number of hydrogen-bond donors (Lipinski definition) is 1. The van der Waals surface area contributed by atoms with Crippen LogP contribution < -0.4 is 19.8 Å². The van der Waals surface area contributed by atoms with Gasteiger partial charge in [-0.3, -0.25) is 9.59 Å². The number of halogens is 4. The number of alkyl halides is 3. The number of carbonyl (C=O) groups is 1. The van der Waals surface area contributed by atoms with Gasteiger partial charge in [-0.2, -0.15) is 21.6 Å². The fraction of sp³-hybridized carbons (Fsp3) is 0.382. The van der Waals surface area contributed by atoms with E-state index in [1.807, 2.05) is 19.9 Å². The summed E-state index contributed by atoms with van der Waals surface area (Å²) in [5.74, 6) is -0.237. The molecule has 2 aromatic heterocycles. The second-order valence-corrected chi connectivity index (χ2v) is 14.8. The maximum Gasteiger partial charge on any atom is 0.534 e. The molecule has 9 nitrogen and oxygen atoms in total. The van der Waals surface area contributed by atoms with E-state index in [-0.39, 0.29) is 39.1 Å². The lowest BCUT2D eigenvalue weighted by atomic mass is 9.82. The van der Waals surface area contributed by atoms with Crippen LogP contribution in [0.1, 0.15) is 72.3 Å². The summed E-state index contributed by atoms with van der Waals surface area (Å²) in [6.07, 6.45) is 2.12. The van der Waals surface area contributed by atoms with Crippen LogP contribution in [0.25, 0.3) is 22.2 Å². The summed E-state index contributed by atoms with van der Waals surface area (Å²) in [5, 5.41) is 3.93. The molecule has 5 rings (SSSR count). The normalized spacial score (nSPS) is 15.8. The summed E-state index contributed by atoms with van der Waals surface area (Å²) in [5.41, 5.74) is -2.41. The van der Waals surface area contributed by atoms with Crippen LogP contribution in [0, 0.1) is 26.2 Å². The maximum absolute atomic E-state index is 13.7. The fourth-order valence-electron chi connectivity index (χ4n) is 5.91. The van der Waals surface area contributed by atoms with Crippen molar-refractivity contribution in [2.45, 2.75) is 65.9 Å². The minimum Gasteiger partial charge on any atom is -0.440 e. The third-order valence-corrected chi connectivity index (χ3v) is 9.98. The molecule has 1 unspecified atom stereocenters. The highest BCUT2D eigenvalue weighted by molar-refractivity contribution is 7.88. The molecule has 0 saturated carbocycles. The molecule has 0 aliphatic carbocycles. The summed E-state index contributed by atoms with van der Waals surface area (Å²) in [4.78, 5) is 32.2. The standard InChI is InChI=1S/C34H35ClF3N3O6S/c1-18-15-23(31-24(16-18)30(43)20(3)32(46-31)41-13-11-33(5,6)12-14-41)21(4)39-26-8-10-28(35)40-29(26)22-7-9-27(25(17-42)19(22)2)47-48(44,45)34(36,37)38/h7-10,15-17,21,39H,11-14H2,1-6H3. The average Bonchev–Trinajstić information content (AvgIpc) is 2.99. The van der Waals surface area contributed by atoms with Gasteiger partial charge in [0.15, 0.2) is 17.5 Å². The van der Waals surface area contributed by atoms with Gasteiger partial charge in [-0.25, -0.2) is 4.98 Å². The van der Waals surface area contributed by atoms with E-state index in [0.29, 0.717) is 33.7 Å². The van der Waals surface area contributed by atoms with Gasteiger partial charge >= 0.3 is 15.6 Å². The molecular formula is C34H35ClF3N3O6S. The Hall–Kier alpha value is -4.10. The Labute approximate surface area is 281 Å². The number of carbonyl (C=O) groups excluding carboxylic acids is 1. The Morgan fingerprint density at radius 3 is 2.38 bits per heavy atom. The van der Waals surface area contributed by atoms with E-state index in [4.69, 9.17) is 16.0 Å². The van der Waals surface area contributed by atoms with E-state index in [9.17, 15) is 31.2 Å². The topological polar surface area (TPSA) is 119 Å². The predicted molar refractivity (Wildman–Crippen MR) is 180 cm³/mol. The summed E-state index contributed by atoms with van der Waals surface area (Å²) in [6, 6.07) is 8.70. The molecule has 1 aliphatic heterocycles. The summed E-state index contributed by atoms with van der Waals surface area (Å²) in [7, 11) is -6.02. The Morgan fingerprint density at radius 2 is 1.75 bits per heavy atom. The third kappa shape index (κ3) is 6.75. The van der Waals surface area contributed by atoms with Crippen molar-refractivity contribution in [3.05, 3.63) is 79.6 Å². The second kappa shape index (κ2) is 12.7. The number of aromatic nitrogens is 1. The third-order valence-electron chi connectivity index (χ3n) is 8.80. The van der Waals surface area contributed by atoms with Crippen LogP contribution in [0.5, 0.6) is 5.75 Å². The molecule has 0 spiro atoms. The summed E-state index contributed by atoms with van der Waals surface area (Å²) in [6.45, 7) is 12.9. The quantitative estimate of drug-likeness (QED) is 0.0836. The summed E-state index contributed by atoms with van der Waals surface area (Å²) >= 11 is 6.26. The first-order valence-electron chi connectivity index (χ1n) is 15.2. The van der Waals surface area contributed by atoms with E-state index < -0.39 is 33.0 Å². The first kappa shape index (κ1) is 35.2. The molecule has 1 saturated heterocycles. The number of nitrogens with zero attached hydrogens (tertiary/aromatic N) is 2.